The molecular weight excluding hydrogens is 264 g/mol. The number of fused-ring (bicyclic) bond motifs is 2. The average Bonchev–Trinajstić information content (AvgIpc) is 2.86. The van der Waals surface area contributed by atoms with Crippen LogP contribution in [0.4, 0.5) is 0 Å². The maximum atomic E-state index is 12.3. The lowest BCUT2D eigenvalue weighted by Crippen LogP contribution is -2.47. The first kappa shape index (κ1) is 15.3. The zero-order valence-corrected chi connectivity index (χ0v) is 13.8. The minimum absolute atomic E-state index is 0.234. The molecule has 0 aromatic rings. The highest BCUT2D eigenvalue weighted by atomic mass is 16.5. The zero-order valence-electron chi connectivity index (χ0n) is 13.8. The Bertz CT molecular complexity index is 404. The van der Waals surface area contributed by atoms with Crippen molar-refractivity contribution < 1.29 is 9.53 Å². The molecule has 3 fully saturated rings. The van der Waals surface area contributed by atoms with E-state index >= 15 is 0 Å². The fourth-order valence-corrected chi connectivity index (χ4v) is 4.92. The number of hydrogen-bond donors (Lipinski definition) is 1. The lowest BCUT2D eigenvalue weighted by Gasteiger charge is -2.39. The number of hydrogen-bond acceptors (Lipinski definition) is 3. The Kier molecular flexibility index (Phi) is 4.04. The van der Waals surface area contributed by atoms with E-state index in [1.807, 2.05) is 0 Å². The summed E-state index contributed by atoms with van der Waals surface area (Å²) in [6.45, 7) is 11.6. The molecule has 0 aromatic carbocycles. The quantitative estimate of drug-likeness (QED) is 0.863. The van der Waals surface area contributed by atoms with Crippen molar-refractivity contribution in [3.8, 4) is 0 Å². The molecule has 3 rings (SSSR count). The second-order valence-corrected chi connectivity index (χ2v) is 8.28. The summed E-state index contributed by atoms with van der Waals surface area (Å²) in [5.74, 6) is 1.02. The number of ether oxygens (including phenoxy) is 1. The first-order valence-corrected chi connectivity index (χ1v) is 8.49. The Morgan fingerprint density at radius 2 is 2.00 bits per heavy atom. The SMILES string of the molecule is CC1(C)C[C@@]2(C)C[C@@H]1C[C@H]2NC(=O)CCN1CCOCC1. The number of amides is 1. The third kappa shape index (κ3) is 3.11. The lowest BCUT2D eigenvalue weighted by atomic mass is 9.70. The van der Waals surface area contributed by atoms with Gasteiger partial charge >= 0.3 is 0 Å². The van der Waals surface area contributed by atoms with Crippen LogP contribution >= 0.6 is 0 Å². The van der Waals surface area contributed by atoms with Gasteiger partial charge in [0.25, 0.3) is 0 Å². The summed E-state index contributed by atoms with van der Waals surface area (Å²) >= 11 is 0. The van der Waals surface area contributed by atoms with E-state index in [2.05, 4.69) is 31.0 Å². The molecule has 120 valence electrons. The van der Waals surface area contributed by atoms with Crippen molar-refractivity contribution >= 4 is 5.91 Å². The zero-order chi connectivity index (χ0) is 15.1. The maximum Gasteiger partial charge on any atom is 0.221 e. The van der Waals surface area contributed by atoms with Crippen LogP contribution in [0.5, 0.6) is 0 Å². The third-order valence-electron chi connectivity index (χ3n) is 6.13. The predicted octanol–water partition coefficient (Wildman–Crippen LogP) is 2.04. The fourth-order valence-electron chi connectivity index (χ4n) is 4.92. The van der Waals surface area contributed by atoms with Gasteiger partial charge in [-0.05, 0) is 36.0 Å². The molecule has 21 heavy (non-hydrogen) atoms. The molecule has 1 saturated heterocycles. The van der Waals surface area contributed by atoms with E-state index in [4.69, 9.17) is 4.74 Å². The van der Waals surface area contributed by atoms with Gasteiger partial charge in [0, 0.05) is 32.1 Å². The van der Waals surface area contributed by atoms with E-state index < -0.39 is 0 Å². The van der Waals surface area contributed by atoms with Crippen molar-refractivity contribution in [1.82, 2.24) is 10.2 Å². The van der Waals surface area contributed by atoms with Gasteiger partial charge in [-0.15, -0.1) is 0 Å². The van der Waals surface area contributed by atoms with Crippen molar-refractivity contribution in [3.05, 3.63) is 0 Å². The number of nitrogens with zero attached hydrogens (tertiary/aromatic N) is 1. The van der Waals surface area contributed by atoms with Crippen LogP contribution in [0.15, 0.2) is 0 Å². The van der Waals surface area contributed by atoms with E-state index in [-0.39, 0.29) is 5.91 Å². The van der Waals surface area contributed by atoms with Gasteiger partial charge in [0.05, 0.1) is 13.2 Å². The van der Waals surface area contributed by atoms with Gasteiger partial charge in [-0.25, -0.2) is 0 Å². The molecule has 2 bridgehead atoms. The lowest BCUT2D eigenvalue weighted by molar-refractivity contribution is -0.123. The number of carbonyl (C=O) groups excluding carboxylic acids is 1. The van der Waals surface area contributed by atoms with Crippen LogP contribution in [-0.4, -0.2) is 49.7 Å². The minimum Gasteiger partial charge on any atom is -0.379 e. The van der Waals surface area contributed by atoms with Crippen molar-refractivity contribution in [2.24, 2.45) is 16.7 Å². The normalized spacial score (nSPS) is 38.6. The summed E-state index contributed by atoms with van der Waals surface area (Å²) in [5.41, 5.74) is 0.784. The Balaban J connectivity index is 1.46. The molecule has 0 spiro atoms. The van der Waals surface area contributed by atoms with Crippen LogP contribution in [0.25, 0.3) is 0 Å². The van der Waals surface area contributed by atoms with Crippen molar-refractivity contribution in [3.63, 3.8) is 0 Å². The molecule has 4 nitrogen and oxygen atoms in total. The predicted molar refractivity (Wildman–Crippen MR) is 83.0 cm³/mol. The van der Waals surface area contributed by atoms with Gasteiger partial charge in [0.1, 0.15) is 0 Å². The van der Waals surface area contributed by atoms with E-state index in [0.717, 1.165) is 38.8 Å². The van der Waals surface area contributed by atoms with Crippen LogP contribution in [0.3, 0.4) is 0 Å². The molecule has 2 saturated carbocycles. The first-order valence-electron chi connectivity index (χ1n) is 8.49. The van der Waals surface area contributed by atoms with Gasteiger partial charge in [0.15, 0.2) is 0 Å². The molecule has 3 atom stereocenters. The van der Waals surface area contributed by atoms with Gasteiger partial charge in [0.2, 0.25) is 5.91 Å². The van der Waals surface area contributed by atoms with Crippen molar-refractivity contribution in [2.45, 2.75) is 52.5 Å². The van der Waals surface area contributed by atoms with E-state index in [0.29, 0.717) is 23.3 Å². The highest BCUT2D eigenvalue weighted by Crippen LogP contribution is 2.62. The van der Waals surface area contributed by atoms with Gasteiger partial charge in [-0.2, -0.15) is 0 Å². The molecule has 0 aromatic heterocycles. The third-order valence-corrected chi connectivity index (χ3v) is 6.13. The Morgan fingerprint density at radius 1 is 1.29 bits per heavy atom. The van der Waals surface area contributed by atoms with Crippen LogP contribution < -0.4 is 5.32 Å². The van der Waals surface area contributed by atoms with Crippen LogP contribution in [0.1, 0.15) is 46.5 Å². The molecule has 4 heteroatoms. The summed E-state index contributed by atoms with van der Waals surface area (Å²) in [5, 5.41) is 3.33. The average molecular weight is 294 g/mol. The molecule has 3 aliphatic rings. The second kappa shape index (κ2) is 5.54. The first-order chi connectivity index (χ1) is 9.89. The monoisotopic (exact) mass is 294 g/mol. The van der Waals surface area contributed by atoms with E-state index in [9.17, 15) is 4.79 Å². The smallest absolute Gasteiger partial charge is 0.221 e. The van der Waals surface area contributed by atoms with E-state index in [1.54, 1.807) is 0 Å². The minimum atomic E-state index is 0.234. The molecule has 2 aliphatic carbocycles. The summed E-state index contributed by atoms with van der Waals surface area (Å²) in [4.78, 5) is 14.6. The standard InChI is InChI=1S/C17H30N2O2/c1-16(2)12-17(3)11-13(16)10-14(17)18-15(20)4-5-19-6-8-21-9-7-19/h13-14H,4-12H2,1-3H3,(H,18,20)/t13-,14+,17+/m0/s1. The molecule has 1 heterocycles. The number of morpholine rings is 1. The Morgan fingerprint density at radius 3 is 2.57 bits per heavy atom. The summed E-state index contributed by atoms with van der Waals surface area (Å²) in [6, 6.07) is 0.396. The van der Waals surface area contributed by atoms with E-state index in [1.165, 1.54) is 19.3 Å². The number of carbonyl (C=O) groups is 1. The molecular formula is C17H30N2O2. The molecule has 1 amide bonds. The molecule has 0 radical (unpaired) electrons. The summed E-state index contributed by atoms with van der Waals surface area (Å²) < 4.78 is 5.34. The van der Waals surface area contributed by atoms with Crippen LogP contribution in [0.2, 0.25) is 0 Å². The molecule has 1 aliphatic heterocycles. The Hall–Kier alpha value is -0.610. The van der Waals surface area contributed by atoms with Gasteiger partial charge < -0.3 is 10.1 Å². The van der Waals surface area contributed by atoms with Crippen molar-refractivity contribution in [2.75, 3.05) is 32.8 Å². The number of rotatable bonds is 4. The Labute approximate surface area is 128 Å². The van der Waals surface area contributed by atoms with Gasteiger partial charge in [-0.3, -0.25) is 9.69 Å². The molecule has 0 unspecified atom stereocenters. The van der Waals surface area contributed by atoms with Gasteiger partial charge in [-0.1, -0.05) is 20.8 Å². The highest BCUT2D eigenvalue weighted by molar-refractivity contribution is 5.76. The second-order valence-electron chi connectivity index (χ2n) is 8.28. The van der Waals surface area contributed by atoms with Crippen LogP contribution in [-0.2, 0) is 9.53 Å². The topological polar surface area (TPSA) is 41.6 Å². The largest absolute Gasteiger partial charge is 0.379 e. The summed E-state index contributed by atoms with van der Waals surface area (Å²) in [6.07, 6.45) is 4.33. The highest BCUT2D eigenvalue weighted by Gasteiger charge is 2.57. The van der Waals surface area contributed by atoms with Crippen LogP contribution in [0, 0.1) is 16.7 Å². The summed E-state index contributed by atoms with van der Waals surface area (Å²) in [7, 11) is 0. The number of nitrogens with one attached hydrogen (secondary N) is 1. The fraction of sp³-hybridized carbons (Fsp3) is 0.941. The molecule has 1 N–H and O–H groups in total. The van der Waals surface area contributed by atoms with Crippen molar-refractivity contribution in [1.29, 1.82) is 0 Å². The maximum absolute atomic E-state index is 12.3.